The predicted molar refractivity (Wildman–Crippen MR) is 124 cm³/mol. The molecule has 1 fully saturated rings. The van der Waals surface area contributed by atoms with Crippen molar-refractivity contribution < 1.29 is 13.2 Å². The molecule has 1 saturated heterocycles. The standard InChI is InChI=1S/C22H25N3O3S2/c1-5-16-9-13-19(14-10-16)30(27,28)23-22-25(6-2)21(26)20(29-22)15-17-7-11-18(12-8-17)24(3)4/h7-15H,5-6H2,1-4H3/b20-15-,23-22+. The Morgan fingerprint density at radius 2 is 1.67 bits per heavy atom. The molecule has 0 unspecified atom stereocenters. The van der Waals surface area contributed by atoms with Crippen molar-refractivity contribution in [3.05, 3.63) is 64.6 Å². The minimum atomic E-state index is -3.91. The van der Waals surface area contributed by atoms with Crippen LogP contribution in [0.4, 0.5) is 5.69 Å². The van der Waals surface area contributed by atoms with E-state index in [9.17, 15) is 13.2 Å². The number of rotatable bonds is 6. The van der Waals surface area contributed by atoms with Gasteiger partial charge in [-0.2, -0.15) is 8.42 Å². The van der Waals surface area contributed by atoms with Gasteiger partial charge >= 0.3 is 0 Å². The number of amides is 1. The third kappa shape index (κ3) is 4.76. The summed E-state index contributed by atoms with van der Waals surface area (Å²) in [6.45, 7) is 4.14. The summed E-state index contributed by atoms with van der Waals surface area (Å²) in [6.07, 6.45) is 2.59. The quantitative estimate of drug-likeness (QED) is 0.631. The highest BCUT2D eigenvalue weighted by atomic mass is 32.2. The molecule has 2 aromatic rings. The van der Waals surface area contributed by atoms with Crippen molar-refractivity contribution in [3.63, 3.8) is 0 Å². The first-order chi connectivity index (χ1) is 14.2. The first-order valence-corrected chi connectivity index (χ1v) is 11.9. The molecule has 0 atom stereocenters. The van der Waals surface area contributed by atoms with Gasteiger partial charge in [0.25, 0.3) is 15.9 Å². The fourth-order valence-electron chi connectivity index (χ4n) is 2.93. The number of benzene rings is 2. The molecule has 0 saturated carbocycles. The van der Waals surface area contributed by atoms with Gasteiger partial charge in [-0.1, -0.05) is 31.2 Å². The van der Waals surface area contributed by atoms with Crippen molar-refractivity contribution in [2.24, 2.45) is 4.40 Å². The van der Waals surface area contributed by atoms with Crippen LogP contribution in [0.2, 0.25) is 0 Å². The van der Waals surface area contributed by atoms with E-state index in [2.05, 4.69) is 4.40 Å². The number of thioether (sulfide) groups is 1. The number of aryl methyl sites for hydroxylation is 1. The summed E-state index contributed by atoms with van der Waals surface area (Å²) in [7, 11) is 0.0144. The number of likely N-dealkylation sites (N-methyl/N-ethyl adjacent to an activating group) is 1. The maximum atomic E-state index is 12.8. The van der Waals surface area contributed by atoms with Crippen LogP contribution < -0.4 is 4.90 Å². The Morgan fingerprint density at radius 1 is 1.03 bits per heavy atom. The number of anilines is 1. The van der Waals surface area contributed by atoms with Gasteiger partial charge in [0.05, 0.1) is 9.80 Å². The van der Waals surface area contributed by atoms with Gasteiger partial charge in [-0.25, -0.2) is 0 Å². The Morgan fingerprint density at radius 3 is 2.20 bits per heavy atom. The fourth-order valence-corrected chi connectivity index (χ4v) is 5.17. The van der Waals surface area contributed by atoms with Crippen LogP contribution in [0.15, 0.2) is 62.7 Å². The normalized spacial score (nSPS) is 17.2. The largest absolute Gasteiger partial charge is 0.378 e. The van der Waals surface area contributed by atoms with Crippen LogP contribution in [0, 0.1) is 0 Å². The molecule has 1 amide bonds. The van der Waals surface area contributed by atoms with Crippen molar-refractivity contribution in [1.29, 1.82) is 0 Å². The second-order valence-corrected chi connectivity index (χ2v) is 9.61. The lowest BCUT2D eigenvalue weighted by molar-refractivity contribution is -0.122. The van der Waals surface area contributed by atoms with E-state index >= 15 is 0 Å². The number of hydrogen-bond acceptors (Lipinski definition) is 5. The highest BCUT2D eigenvalue weighted by molar-refractivity contribution is 8.19. The molecule has 0 aliphatic carbocycles. The molecule has 6 nitrogen and oxygen atoms in total. The first kappa shape index (κ1) is 22.1. The fraction of sp³-hybridized carbons (Fsp3) is 0.273. The van der Waals surface area contributed by atoms with Crippen LogP contribution in [0.3, 0.4) is 0 Å². The van der Waals surface area contributed by atoms with E-state index in [-0.39, 0.29) is 16.0 Å². The first-order valence-electron chi connectivity index (χ1n) is 9.68. The van der Waals surface area contributed by atoms with E-state index in [1.807, 2.05) is 50.2 Å². The predicted octanol–water partition coefficient (Wildman–Crippen LogP) is 4.00. The summed E-state index contributed by atoms with van der Waals surface area (Å²) >= 11 is 1.08. The van der Waals surface area contributed by atoms with Crippen molar-refractivity contribution in [2.75, 3.05) is 25.5 Å². The van der Waals surface area contributed by atoms with Gasteiger partial charge in [0.2, 0.25) is 0 Å². The monoisotopic (exact) mass is 443 g/mol. The van der Waals surface area contributed by atoms with E-state index in [0.717, 1.165) is 35.0 Å². The summed E-state index contributed by atoms with van der Waals surface area (Å²) in [4.78, 5) is 16.7. The molecule has 0 spiro atoms. The Balaban J connectivity index is 1.90. The number of sulfonamides is 1. The lowest BCUT2D eigenvalue weighted by atomic mass is 10.2. The smallest absolute Gasteiger partial charge is 0.284 e. The molecule has 8 heteroatoms. The van der Waals surface area contributed by atoms with Gasteiger partial charge in [-0.15, -0.1) is 4.40 Å². The molecular weight excluding hydrogens is 418 g/mol. The van der Waals surface area contributed by atoms with E-state index in [1.54, 1.807) is 37.3 Å². The Bertz CT molecular complexity index is 1090. The molecule has 1 aliphatic heterocycles. The molecule has 1 aliphatic rings. The number of amidine groups is 1. The Hall–Kier alpha value is -2.58. The average molecular weight is 444 g/mol. The molecule has 2 aromatic carbocycles. The van der Waals surface area contributed by atoms with Gasteiger partial charge < -0.3 is 4.90 Å². The Labute approximate surface area is 182 Å². The van der Waals surface area contributed by atoms with Gasteiger partial charge in [0.1, 0.15) is 0 Å². The molecule has 0 aromatic heterocycles. The summed E-state index contributed by atoms with van der Waals surface area (Å²) in [5.74, 6) is -0.241. The minimum Gasteiger partial charge on any atom is -0.378 e. The zero-order chi connectivity index (χ0) is 21.9. The summed E-state index contributed by atoms with van der Waals surface area (Å²) < 4.78 is 29.5. The van der Waals surface area contributed by atoms with Crippen LogP contribution in [0.25, 0.3) is 6.08 Å². The Kier molecular flexibility index (Phi) is 6.67. The third-order valence-corrected chi connectivity index (χ3v) is 7.14. The van der Waals surface area contributed by atoms with Crippen molar-refractivity contribution in [2.45, 2.75) is 25.2 Å². The van der Waals surface area contributed by atoms with Crippen LogP contribution >= 0.6 is 11.8 Å². The van der Waals surface area contributed by atoms with Gasteiger partial charge in [-0.05, 0) is 66.6 Å². The lowest BCUT2D eigenvalue weighted by Crippen LogP contribution is -2.29. The number of carbonyl (C=O) groups excluding carboxylic acids is 1. The topological polar surface area (TPSA) is 70.0 Å². The van der Waals surface area contributed by atoms with Crippen LogP contribution in [0.5, 0.6) is 0 Å². The summed E-state index contributed by atoms with van der Waals surface area (Å²) in [5, 5.41) is 0.179. The second kappa shape index (κ2) is 9.06. The van der Waals surface area contributed by atoms with Gasteiger partial charge in [0, 0.05) is 26.3 Å². The van der Waals surface area contributed by atoms with Gasteiger partial charge in [-0.3, -0.25) is 9.69 Å². The second-order valence-electron chi connectivity index (χ2n) is 6.99. The van der Waals surface area contributed by atoms with Crippen molar-refractivity contribution >= 4 is 44.6 Å². The van der Waals surface area contributed by atoms with Crippen molar-refractivity contribution in [1.82, 2.24) is 4.90 Å². The summed E-state index contributed by atoms with van der Waals surface area (Å²) in [5.41, 5.74) is 2.97. The molecule has 1 heterocycles. The van der Waals surface area contributed by atoms with Crippen LogP contribution in [-0.2, 0) is 21.2 Å². The molecule has 0 N–H and O–H groups in total. The molecule has 158 valence electrons. The zero-order valence-corrected chi connectivity index (χ0v) is 19.1. The molecule has 3 rings (SSSR count). The highest BCUT2D eigenvalue weighted by Crippen LogP contribution is 2.33. The van der Waals surface area contributed by atoms with Crippen molar-refractivity contribution in [3.8, 4) is 0 Å². The zero-order valence-electron chi connectivity index (χ0n) is 17.5. The number of carbonyl (C=O) groups is 1. The van der Waals surface area contributed by atoms with E-state index in [4.69, 9.17) is 0 Å². The van der Waals surface area contributed by atoms with E-state index in [0.29, 0.717) is 11.4 Å². The van der Waals surface area contributed by atoms with E-state index in [1.165, 1.54) is 4.90 Å². The highest BCUT2D eigenvalue weighted by Gasteiger charge is 2.34. The molecular formula is C22H25N3O3S2. The molecule has 0 bridgehead atoms. The maximum Gasteiger partial charge on any atom is 0.284 e. The SMILES string of the molecule is CCc1ccc(S(=O)(=O)/N=C2/S/C(=C\c3ccc(N(C)C)cc3)C(=O)N2CC)cc1. The van der Waals surface area contributed by atoms with Crippen LogP contribution in [-0.4, -0.2) is 45.0 Å². The maximum absolute atomic E-state index is 12.8. The molecule has 0 radical (unpaired) electrons. The average Bonchev–Trinajstić information content (AvgIpc) is 3.01. The number of nitrogens with zero attached hydrogens (tertiary/aromatic N) is 3. The van der Waals surface area contributed by atoms with Crippen LogP contribution in [0.1, 0.15) is 25.0 Å². The van der Waals surface area contributed by atoms with Gasteiger partial charge in [0.15, 0.2) is 5.17 Å². The van der Waals surface area contributed by atoms with E-state index < -0.39 is 10.0 Å². The minimum absolute atomic E-state index is 0.119. The molecule has 30 heavy (non-hydrogen) atoms. The third-order valence-electron chi connectivity index (χ3n) is 4.74. The lowest BCUT2D eigenvalue weighted by Gasteiger charge is -2.12. The number of hydrogen-bond donors (Lipinski definition) is 0. The summed E-state index contributed by atoms with van der Waals surface area (Å²) in [6, 6.07) is 14.4.